The summed E-state index contributed by atoms with van der Waals surface area (Å²) in [7, 11) is 0. The highest BCUT2D eigenvalue weighted by Gasteiger charge is 2.10. The van der Waals surface area contributed by atoms with Crippen LogP contribution in [0.15, 0.2) is 53.9 Å². The number of aliphatic carboxylic acids is 1. The van der Waals surface area contributed by atoms with Gasteiger partial charge < -0.3 is 5.11 Å². The zero-order valence-electron chi connectivity index (χ0n) is 9.87. The molecule has 0 saturated carbocycles. The summed E-state index contributed by atoms with van der Waals surface area (Å²) in [5, 5.41) is 11.1. The van der Waals surface area contributed by atoms with E-state index in [1.807, 2.05) is 35.7 Å². The minimum absolute atomic E-state index is 0.404. The fourth-order valence-electron chi connectivity index (χ4n) is 1.75. The average molecular weight is 258 g/mol. The first-order valence-electron chi connectivity index (χ1n) is 5.78. The summed E-state index contributed by atoms with van der Waals surface area (Å²) < 4.78 is 0. The third-order valence-corrected chi connectivity index (χ3v) is 3.54. The van der Waals surface area contributed by atoms with Gasteiger partial charge in [-0.15, -0.1) is 11.3 Å². The van der Waals surface area contributed by atoms with Gasteiger partial charge in [-0.3, -0.25) is 0 Å². The van der Waals surface area contributed by atoms with E-state index in [0.29, 0.717) is 5.57 Å². The Morgan fingerprint density at radius 1 is 1.17 bits per heavy atom. The van der Waals surface area contributed by atoms with Crippen molar-refractivity contribution in [3.8, 4) is 0 Å². The number of thiophene rings is 1. The van der Waals surface area contributed by atoms with Crippen molar-refractivity contribution >= 4 is 22.9 Å². The molecule has 0 saturated heterocycles. The molecule has 1 aromatic heterocycles. The van der Waals surface area contributed by atoms with Crippen molar-refractivity contribution in [3.05, 3.63) is 64.4 Å². The van der Waals surface area contributed by atoms with Gasteiger partial charge in [0.25, 0.3) is 0 Å². The summed E-state index contributed by atoms with van der Waals surface area (Å²) >= 11 is 1.46. The molecule has 2 aromatic rings. The Morgan fingerprint density at radius 2 is 1.94 bits per heavy atom. The molecular formula is C15H14O2S. The number of carboxylic acids is 1. The van der Waals surface area contributed by atoms with Gasteiger partial charge in [0.05, 0.1) is 5.57 Å². The molecule has 0 aliphatic heterocycles. The molecule has 1 aromatic carbocycles. The van der Waals surface area contributed by atoms with E-state index >= 15 is 0 Å². The van der Waals surface area contributed by atoms with Crippen molar-refractivity contribution in [2.75, 3.05) is 0 Å². The van der Waals surface area contributed by atoms with Crippen LogP contribution in [0.4, 0.5) is 0 Å². The summed E-state index contributed by atoms with van der Waals surface area (Å²) in [5.74, 6) is -0.856. The van der Waals surface area contributed by atoms with E-state index in [1.165, 1.54) is 16.9 Å². The average Bonchev–Trinajstić information content (AvgIpc) is 2.89. The van der Waals surface area contributed by atoms with Crippen molar-refractivity contribution in [1.82, 2.24) is 0 Å². The summed E-state index contributed by atoms with van der Waals surface area (Å²) in [6.07, 6.45) is 3.41. The molecule has 0 fully saturated rings. The van der Waals surface area contributed by atoms with Crippen LogP contribution in [-0.4, -0.2) is 11.1 Å². The maximum atomic E-state index is 11.2. The minimum Gasteiger partial charge on any atom is -0.478 e. The number of allylic oxidation sites excluding steroid dienone is 1. The molecule has 1 heterocycles. The second-order valence-electron chi connectivity index (χ2n) is 3.92. The molecule has 18 heavy (non-hydrogen) atoms. The van der Waals surface area contributed by atoms with Gasteiger partial charge in [0.1, 0.15) is 0 Å². The van der Waals surface area contributed by atoms with Gasteiger partial charge in [0, 0.05) is 4.88 Å². The van der Waals surface area contributed by atoms with E-state index in [4.69, 9.17) is 0 Å². The minimum atomic E-state index is -0.856. The predicted octanol–water partition coefficient (Wildman–Crippen LogP) is 3.85. The standard InChI is InChI=1S/C15H14O2S/c16-15(17)13(14-10-5-11-18-14)9-4-8-12-6-2-1-3-7-12/h1-3,5-7,9-11H,4,8H2,(H,16,17)/b13-9+. The molecule has 0 bridgehead atoms. The highest BCUT2D eigenvalue weighted by atomic mass is 32.1. The van der Waals surface area contributed by atoms with Gasteiger partial charge in [0.15, 0.2) is 0 Å². The van der Waals surface area contributed by atoms with Gasteiger partial charge in [-0.1, -0.05) is 42.5 Å². The van der Waals surface area contributed by atoms with Gasteiger partial charge in [-0.05, 0) is 29.9 Å². The number of benzene rings is 1. The van der Waals surface area contributed by atoms with Gasteiger partial charge in [0.2, 0.25) is 0 Å². The third-order valence-electron chi connectivity index (χ3n) is 2.64. The van der Waals surface area contributed by atoms with Crippen LogP contribution in [-0.2, 0) is 11.2 Å². The Bertz CT molecular complexity index is 527. The fraction of sp³-hybridized carbons (Fsp3) is 0.133. The normalized spacial score (nSPS) is 11.4. The number of rotatable bonds is 5. The lowest BCUT2D eigenvalue weighted by Crippen LogP contribution is -1.98. The van der Waals surface area contributed by atoms with Gasteiger partial charge >= 0.3 is 5.97 Å². The van der Waals surface area contributed by atoms with Crippen LogP contribution in [0.3, 0.4) is 0 Å². The van der Waals surface area contributed by atoms with Crippen molar-refractivity contribution < 1.29 is 9.90 Å². The Balaban J connectivity index is 2.04. The quantitative estimate of drug-likeness (QED) is 0.827. The largest absolute Gasteiger partial charge is 0.478 e. The third kappa shape index (κ3) is 3.31. The lowest BCUT2D eigenvalue weighted by Gasteiger charge is -2.00. The van der Waals surface area contributed by atoms with Crippen molar-refractivity contribution in [1.29, 1.82) is 0 Å². The van der Waals surface area contributed by atoms with Crippen LogP contribution in [0.2, 0.25) is 0 Å². The van der Waals surface area contributed by atoms with Crippen molar-refractivity contribution in [2.45, 2.75) is 12.8 Å². The molecule has 2 rings (SSSR count). The maximum Gasteiger partial charge on any atom is 0.336 e. The Labute approximate surface area is 110 Å². The first-order valence-corrected chi connectivity index (χ1v) is 6.66. The first kappa shape index (κ1) is 12.6. The fourth-order valence-corrected chi connectivity index (χ4v) is 2.51. The second kappa shape index (κ2) is 6.17. The summed E-state index contributed by atoms with van der Waals surface area (Å²) in [5.41, 5.74) is 1.63. The number of carboxylic acid groups (broad SMARTS) is 1. The first-order chi connectivity index (χ1) is 8.77. The monoisotopic (exact) mass is 258 g/mol. The summed E-state index contributed by atoms with van der Waals surface area (Å²) in [6.45, 7) is 0. The summed E-state index contributed by atoms with van der Waals surface area (Å²) in [4.78, 5) is 12.0. The van der Waals surface area contributed by atoms with Crippen LogP contribution in [0, 0.1) is 0 Å². The molecule has 1 N–H and O–H groups in total. The van der Waals surface area contributed by atoms with Gasteiger partial charge in [-0.2, -0.15) is 0 Å². The second-order valence-corrected chi connectivity index (χ2v) is 4.87. The van der Waals surface area contributed by atoms with E-state index in [9.17, 15) is 9.90 Å². The lowest BCUT2D eigenvalue weighted by atomic mass is 10.1. The SMILES string of the molecule is O=C(O)/C(=C/CCc1ccccc1)c1cccs1. The van der Waals surface area contributed by atoms with E-state index in [-0.39, 0.29) is 0 Å². The molecule has 0 atom stereocenters. The maximum absolute atomic E-state index is 11.2. The van der Waals surface area contributed by atoms with Crippen LogP contribution < -0.4 is 0 Å². The zero-order chi connectivity index (χ0) is 12.8. The highest BCUT2D eigenvalue weighted by Crippen LogP contribution is 2.21. The smallest absolute Gasteiger partial charge is 0.336 e. The molecule has 0 aliphatic carbocycles. The molecule has 0 aliphatic rings. The lowest BCUT2D eigenvalue weighted by molar-refractivity contribution is -0.130. The molecule has 92 valence electrons. The van der Waals surface area contributed by atoms with E-state index in [1.54, 1.807) is 6.08 Å². The molecular weight excluding hydrogens is 244 g/mol. The Kier molecular flexibility index (Phi) is 4.31. The highest BCUT2D eigenvalue weighted by molar-refractivity contribution is 7.11. The van der Waals surface area contributed by atoms with Crippen molar-refractivity contribution in [2.24, 2.45) is 0 Å². The number of hydrogen-bond acceptors (Lipinski definition) is 2. The molecule has 0 radical (unpaired) electrons. The van der Waals surface area contributed by atoms with Crippen LogP contribution in [0.25, 0.3) is 5.57 Å². The van der Waals surface area contributed by atoms with Crippen LogP contribution in [0.1, 0.15) is 16.9 Å². The Morgan fingerprint density at radius 3 is 2.56 bits per heavy atom. The molecule has 0 spiro atoms. The number of carbonyl (C=O) groups is 1. The Hall–Kier alpha value is -1.87. The van der Waals surface area contributed by atoms with Gasteiger partial charge in [-0.25, -0.2) is 4.79 Å². The number of aryl methyl sites for hydroxylation is 1. The molecule has 0 amide bonds. The summed E-state index contributed by atoms with van der Waals surface area (Å²) in [6, 6.07) is 13.8. The number of hydrogen-bond donors (Lipinski definition) is 1. The molecule has 2 nitrogen and oxygen atoms in total. The van der Waals surface area contributed by atoms with E-state index < -0.39 is 5.97 Å². The van der Waals surface area contributed by atoms with E-state index in [2.05, 4.69) is 12.1 Å². The van der Waals surface area contributed by atoms with Crippen LogP contribution >= 0.6 is 11.3 Å². The topological polar surface area (TPSA) is 37.3 Å². The molecule has 3 heteroatoms. The molecule has 0 unspecified atom stereocenters. The zero-order valence-corrected chi connectivity index (χ0v) is 10.7. The van der Waals surface area contributed by atoms with E-state index in [0.717, 1.165) is 17.7 Å². The predicted molar refractivity (Wildman–Crippen MR) is 74.7 cm³/mol. The van der Waals surface area contributed by atoms with Crippen molar-refractivity contribution in [3.63, 3.8) is 0 Å². The van der Waals surface area contributed by atoms with Crippen LogP contribution in [0.5, 0.6) is 0 Å².